The van der Waals surface area contributed by atoms with Crippen LogP contribution in [0.3, 0.4) is 0 Å². The molecular weight excluding hydrogens is 210 g/mol. The molecule has 1 atom stereocenters. The van der Waals surface area contributed by atoms with Crippen molar-refractivity contribution in [2.24, 2.45) is 7.05 Å². The number of hydrogen-bond donors (Lipinski definition) is 1. The number of hydrogen-bond acceptors (Lipinski definition) is 3. The van der Waals surface area contributed by atoms with Gasteiger partial charge in [-0.05, 0) is 13.3 Å². The number of nitrogens with one attached hydrogen (secondary N) is 1. The highest BCUT2D eigenvalue weighted by atomic mass is 32.2. The van der Waals surface area contributed by atoms with Gasteiger partial charge in [0.25, 0.3) is 0 Å². The Morgan fingerprint density at radius 2 is 2.47 bits per heavy atom. The van der Waals surface area contributed by atoms with E-state index in [0.29, 0.717) is 0 Å². The summed E-state index contributed by atoms with van der Waals surface area (Å²) in [6.45, 7) is 4.67. The van der Waals surface area contributed by atoms with Crippen molar-refractivity contribution in [3.8, 4) is 0 Å². The first kappa shape index (κ1) is 12.1. The van der Waals surface area contributed by atoms with E-state index in [1.807, 2.05) is 31.7 Å². The Kier molecular flexibility index (Phi) is 4.68. The second-order valence-electron chi connectivity index (χ2n) is 3.37. The number of rotatable bonds is 5. The molecule has 1 aromatic heterocycles. The van der Waals surface area contributed by atoms with Crippen LogP contribution in [0.25, 0.3) is 0 Å². The van der Waals surface area contributed by atoms with E-state index in [1.54, 1.807) is 6.20 Å². The van der Waals surface area contributed by atoms with Crippen LogP contribution in [0.15, 0.2) is 17.6 Å². The number of aromatic nitrogens is 2. The average molecular weight is 227 g/mol. The molecule has 0 aliphatic rings. The summed E-state index contributed by atoms with van der Waals surface area (Å²) < 4.78 is 1.91. The van der Waals surface area contributed by atoms with Gasteiger partial charge in [-0.2, -0.15) is 0 Å². The molecule has 0 saturated carbocycles. The molecule has 1 aromatic rings. The fourth-order valence-corrected chi connectivity index (χ4v) is 1.92. The molecule has 0 fully saturated rings. The summed E-state index contributed by atoms with van der Waals surface area (Å²) in [6, 6.07) is 0. The van der Waals surface area contributed by atoms with Crippen LogP contribution >= 0.6 is 11.8 Å². The molecule has 1 N–H and O–H groups in total. The number of carbonyl (C=O) groups excluding carboxylic acids is 1. The molecule has 5 heteroatoms. The molecule has 84 valence electrons. The molecule has 0 aromatic carbocycles. The molecule has 15 heavy (non-hydrogen) atoms. The highest BCUT2D eigenvalue weighted by molar-refractivity contribution is 8.00. The van der Waals surface area contributed by atoms with Crippen molar-refractivity contribution >= 4 is 17.7 Å². The summed E-state index contributed by atoms with van der Waals surface area (Å²) in [5.41, 5.74) is 0. The topological polar surface area (TPSA) is 46.9 Å². The smallest absolute Gasteiger partial charge is 0.233 e. The van der Waals surface area contributed by atoms with Gasteiger partial charge in [0, 0.05) is 26.0 Å². The molecule has 0 aliphatic heterocycles. The van der Waals surface area contributed by atoms with Gasteiger partial charge in [-0.1, -0.05) is 18.7 Å². The molecule has 0 saturated heterocycles. The Balaban J connectivity index is 2.45. The Labute approximate surface area is 94.5 Å². The maximum absolute atomic E-state index is 11.6. The quantitative estimate of drug-likeness (QED) is 0.774. The van der Waals surface area contributed by atoms with Crippen LogP contribution in [-0.4, -0.2) is 27.3 Å². The second-order valence-corrected chi connectivity index (χ2v) is 4.68. The Morgan fingerprint density at radius 3 is 3.00 bits per heavy atom. The van der Waals surface area contributed by atoms with Crippen LogP contribution in [0.5, 0.6) is 0 Å². The van der Waals surface area contributed by atoms with Crippen molar-refractivity contribution < 1.29 is 4.79 Å². The van der Waals surface area contributed by atoms with E-state index >= 15 is 0 Å². The van der Waals surface area contributed by atoms with E-state index in [9.17, 15) is 4.79 Å². The lowest BCUT2D eigenvalue weighted by molar-refractivity contribution is -0.120. The van der Waals surface area contributed by atoms with E-state index in [4.69, 9.17) is 0 Å². The van der Waals surface area contributed by atoms with Gasteiger partial charge in [-0.3, -0.25) is 4.79 Å². The highest BCUT2D eigenvalue weighted by Gasteiger charge is 2.15. The van der Waals surface area contributed by atoms with Crippen LogP contribution in [0.1, 0.15) is 20.3 Å². The summed E-state index contributed by atoms with van der Waals surface area (Å²) >= 11 is 1.48. The van der Waals surface area contributed by atoms with Crippen LogP contribution in [-0.2, 0) is 11.8 Å². The minimum Gasteiger partial charge on any atom is -0.355 e. The first-order chi connectivity index (χ1) is 7.15. The third kappa shape index (κ3) is 3.58. The molecule has 4 nitrogen and oxygen atoms in total. The third-order valence-corrected chi connectivity index (χ3v) is 3.15. The van der Waals surface area contributed by atoms with Gasteiger partial charge in [-0.15, -0.1) is 0 Å². The van der Waals surface area contributed by atoms with Crippen molar-refractivity contribution in [1.29, 1.82) is 0 Å². The van der Waals surface area contributed by atoms with E-state index in [-0.39, 0.29) is 11.2 Å². The number of amides is 1. The average Bonchev–Trinajstić information content (AvgIpc) is 2.61. The molecule has 0 aliphatic carbocycles. The van der Waals surface area contributed by atoms with Gasteiger partial charge >= 0.3 is 0 Å². The first-order valence-electron chi connectivity index (χ1n) is 5.06. The minimum absolute atomic E-state index is 0.0739. The van der Waals surface area contributed by atoms with E-state index < -0.39 is 0 Å². The van der Waals surface area contributed by atoms with Crippen LogP contribution in [0.4, 0.5) is 0 Å². The summed E-state index contributed by atoms with van der Waals surface area (Å²) in [5.74, 6) is 0.0739. The monoisotopic (exact) mass is 227 g/mol. The maximum atomic E-state index is 11.6. The fourth-order valence-electron chi connectivity index (χ4n) is 1.07. The summed E-state index contributed by atoms with van der Waals surface area (Å²) in [5, 5.41) is 3.64. The highest BCUT2D eigenvalue weighted by Crippen LogP contribution is 2.20. The molecule has 1 rings (SSSR count). The van der Waals surface area contributed by atoms with Crippen molar-refractivity contribution in [2.45, 2.75) is 30.7 Å². The Hall–Kier alpha value is -0.970. The summed E-state index contributed by atoms with van der Waals surface area (Å²) in [7, 11) is 1.92. The van der Waals surface area contributed by atoms with Crippen LogP contribution in [0, 0.1) is 0 Å². The van der Waals surface area contributed by atoms with Crippen molar-refractivity contribution in [1.82, 2.24) is 14.9 Å². The predicted octanol–water partition coefficient (Wildman–Crippen LogP) is 1.43. The van der Waals surface area contributed by atoms with Gasteiger partial charge in [-0.25, -0.2) is 4.98 Å². The lowest BCUT2D eigenvalue weighted by Gasteiger charge is -2.10. The van der Waals surface area contributed by atoms with Gasteiger partial charge in [0.05, 0.1) is 5.25 Å². The van der Waals surface area contributed by atoms with Gasteiger partial charge in [0.1, 0.15) is 0 Å². The Bertz CT molecular complexity index is 324. The lowest BCUT2D eigenvalue weighted by Crippen LogP contribution is -2.31. The largest absolute Gasteiger partial charge is 0.355 e. The number of nitrogens with zero attached hydrogens (tertiary/aromatic N) is 2. The molecule has 1 amide bonds. The zero-order valence-electron chi connectivity index (χ0n) is 9.36. The second kappa shape index (κ2) is 5.80. The van der Waals surface area contributed by atoms with Crippen molar-refractivity contribution in [3.63, 3.8) is 0 Å². The lowest BCUT2D eigenvalue weighted by atomic mass is 10.4. The van der Waals surface area contributed by atoms with Gasteiger partial charge in [0.15, 0.2) is 5.16 Å². The fraction of sp³-hybridized carbons (Fsp3) is 0.600. The van der Waals surface area contributed by atoms with Crippen molar-refractivity contribution in [3.05, 3.63) is 12.4 Å². The van der Waals surface area contributed by atoms with Gasteiger partial charge in [0.2, 0.25) is 5.91 Å². The number of aryl methyl sites for hydroxylation is 1. The molecule has 0 bridgehead atoms. The van der Waals surface area contributed by atoms with Crippen LogP contribution in [0.2, 0.25) is 0 Å². The molecule has 1 heterocycles. The van der Waals surface area contributed by atoms with Crippen molar-refractivity contribution in [2.75, 3.05) is 6.54 Å². The number of thioether (sulfide) groups is 1. The zero-order chi connectivity index (χ0) is 11.3. The SMILES string of the molecule is CCCNC(=O)C(C)Sc1nccn1C. The van der Waals surface area contributed by atoms with Crippen LogP contribution < -0.4 is 5.32 Å². The third-order valence-electron chi connectivity index (χ3n) is 1.98. The summed E-state index contributed by atoms with van der Waals surface area (Å²) in [6.07, 6.45) is 4.57. The van der Waals surface area contributed by atoms with E-state index in [1.165, 1.54) is 11.8 Å². The minimum atomic E-state index is -0.0994. The van der Waals surface area contributed by atoms with Gasteiger partial charge < -0.3 is 9.88 Å². The van der Waals surface area contributed by atoms with E-state index in [0.717, 1.165) is 18.1 Å². The molecule has 0 spiro atoms. The number of imidazole rings is 1. The zero-order valence-corrected chi connectivity index (χ0v) is 10.2. The number of carbonyl (C=O) groups is 1. The van der Waals surface area contributed by atoms with E-state index in [2.05, 4.69) is 10.3 Å². The first-order valence-corrected chi connectivity index (χ1v) is 5.94. The molecular formula is C10H17N3OS. The Morgan fingerprint density at radius 1 is 1.73 bits per heavy atom. The predicted molar refractivity (Wildman–Crippen MR) is 61.8 cm³/mol. The molecule has 0 radical (unpaired) electrons. The molecule has 1 unspecified atom stereocenters. The normalized spacial score (nSPS) is 12.5. The summed E-state index contributed by atoms with van der Waals surface area (Å²) in [4.78, 5) is 15.7. The maximum Gasteiger partial charge on any atom is 0.233 e. The standard InChI is InChI=1S/C10H17N3OS/c1-4-5-11-9(14)8(2)15-10-12-6-7-13(10)3/h6-8H,4-5H2,1-3H3,(H,11,14).